The summed E-state index contributed by atoms with van der Waals surface area (Å²) >= 11 is 0. The van der Waals surface area contributed by atoms with Crippen molar-refractivity contribution in [2.24, 2.45) is 4.99 Å². The van der Waals surface area contributed by atoms with Crippen LogP contribution in [0.1, 0.15) is 5.82 Å². The molecule has 30 heavy (non-hydrogen) atoms. The van der Waals surface area contributed by atoms with Crippen molar-refractivity contribution in [1.29, 1.82) is 0 Å². The molecule has 1 N–H and O–H groups in total. The molecule has 0 aliphatic heterocycles. The Kier molecular flexibility index (Phi) is 4.66. The number of fused-ring (bicyclic) bond motifs is 1. The van der Waals surface area contributed by atoms with Crippen LogP contribution in [0.3, 0.4) is 0 Å². The molecule has 0 amide bonds. The maximum atomic E-state index is 13.9. The molecule has 0 atom stereocenters. The van der Waals surface area contributed by atoms with Crippen LogP contribution in [0, 0.1) is 5.82 Å². The predicted molar refractivity (Wildman–Crippen MR) is 121 cm³/mol. The first-order valence-electron chi connectivity index (χ1n) is 9.72. The second-order valence-electron chi connectivity index (χ2n) is 6.95. The lowest BCUT2D eigenvalue weighted by Crippen LogP contribution is -1.85. The highest BCUT2D eigenvalue weighted by atomic mass is 19.1. The van der Waals surface area contributed by atoms with E-state index in [0.29, 0.717) is 5.82 Å². The summed E-state index contributed by atoms with van der Waals surface area (Å²) in [6, 6.07) is 31.0. The topological polar surface area (TPSA) is 41.0 Å². The van der Waals surface area contributed by atoms with Gasteiger partial charge in [-0.25, -0.2) is 14.4 Å². The number of rotatable bonds is 4. The predicted octanol–water partition coefficient (Wildman–Crippen LogP) is 6.79. The number of aromatic amines is 1. The van der Waals surface area contributed by atoms with Gasteiger partial charge in [-0.15, -0.1) is 0 Å². The Balaban J connectivity index is 1.68. The maximum Gasteiger partial charge on any atom is 0.149 e. The highest BCUT2D eigenvalue weighted by molar-refractivity contribution is 6.02. The Labute approximate surface area is 173 Å². The minimum atomic E-state index is -0.361. The molecular formula is C26H18FN3. The lowest BCUT2D eigenvalue weighted by Gasteiger charge is -2.07. The molecule has 0 aliphatic rings. The van der Waals surface area contributed by atoms with Crippen molar-refractivity contribution in [3.8, 4) is 22.3 Å². The van der Waals surface area contributed by atoms with Crippen molar-refractivity contribution in [2.75, 3.05) is 0 Å². The Morgan fingerprint density at radius 2 is 1.30 bits per heavy atom. The second kappa shape index (κ2) is 7.76. The molecule has 0 saturated heterocycles. The molecule has 0 saturated carbocycles. The van der Waals surface area contributed by atoms with E-state index < -0.39 is 0 Å². The molecule has 0 spiro atoms. The fourth-order valence-corrected chi connectivity index (χ4v) is 3.57. The van der Waals surface area contributed by atoms with Gasteiger partial charge in [0.15, 0.2) is 0 Å². The molecule has 3 nitrogen and oxygen atoms in total. The average Bonchev–Trinajstić information content (AvgIpc) is 3.23. The van der Waals surface area contributed by atoms with Crippen molar-refractivity contribution in [3.63, 3.8) is 0 Å². The van der Waals surface area contributed by atoms with Crippen LogP contribution in [0.25, 0.3) is 33.3 Å². The van der Waals surface area contributed by atoms with E-state index in [2.05, 4.69) is 46.4 Å². The summed E-state index contributed by atoms with van der Waals surface area (Å²) in [4.78, 5) is 12.5. The first kappa shape index (κ1) is 18.0. The molecule has 144 valence electrons. The quantitative estimate of drug-likeness (QED) is 0.337. The van der Waals surface area contributed by atoms with Crippen LogP contribution in [-0.4, -0.2) is 16.2 Å². The van der Waals surface area contributed by atoms with E-state index >= 15 is 0 Å². The third kappa shape index (κ3) is 3.40. The third-order valence-electron chi connectivity index (χ3n) is 5.01. The number of aliphatic imine (C=N–C) groups is 1. The first-order chi connectivity index (χ1) is 14.8. The summed E-state index contributed by atoms with van der Waals surface area (Å²) in [5.41, 5.74) is 6.35. The standard InChI is InChI=1S/C26H18FN3/c27-22-13-7-8-14-23(22)28-17-24-29-25-20(18-9-3-1-4-10-18)15-16-21(26(25)30-24)19-11-5-2-6-12-19/h1-17H,(H,29,30). The Morgan fingerprint density at radius 1 is 0.700 bits per heavy atom. The van der Waals surface area contributed by atoms with Crippen LogP contribution >= 0.6 is 0 Å². The molecule has 5 aromatic rings. The van der Waals surface area contributed by atoms with Gasteiger partial charge in [-0.3, -0.25) is 0 Å². The number of benzene rings is 4. The average molecular weight is 391 g/mol. The zero-order valence-corrected chi connectivity index (χ0v) is 16.1. The van der Waals surface area contributed by atoms with Crippen LogP contribution in [0.15, 0.2) is 102 Å². The van der Waals surface area contributed by atoms with Gasteiger partial charge < -0.3 is 4.98 Å². The van der Waals surface area contributed by atoms with Crippen molar-refractivity contribution >= 4 is 22.9 Å². The number of hydrogen-bond donors (Lipinski definition) is 1. The van der Waals surface area contributed by atoms with Gasteiger partial charge in [-0.1, -0.05) is 84.9 Å². The minimum Gasteiger partial charge on any atom is -0.337 e. The molecule has 0 unspecified atom stereocenters. The van der Waals surface area contributed by atoms with Gasteiger partial charge in [0.05, 0.1) is 22.9 Å². The van der Waals surface area contributed by atoms with Gasteiger partial charge in [0.2, 0.25) is 0 Å². The van der Waals surface area contributed by atoms with Crippen LogP contribution in [0.5, 0.6) is 0 Å². The number of halogens is 1. The van der Waals surface area contributed by atoms with E-state index in [1.54, 1.807) is 24.4 Å². The summed E-state index contributed by atoms with van der Waals surface area (Å²) in [6.07, 6.45) is 1.57. The van der Waals surface area contributed by atoms with Crippen molar-refractivity contribution in [1.82, 2.24) is 9.97 Å². The lowest BCUT2D eigenvalue weighted by atomic mass is 9.98. The summed E-state index contributed by atoms with van der Waals surface area (Å²) in [7, 11) is 0. The molecule has 0 radical (unpaired) electrons. The number of nitrogens with one attached hydrogen (secondary N) is 1. The SMILES string of the molecule is Fc1ccccc1N=Cc1nc2c(-c3ccccc3)ccc(-c3ccccc3)c2[nH]1. The molecule has 0 aliphatic carbocycles. The highest BCUT2D eigenvalue weighted by Gasteiger charge is 2.13. The van der Waals surface area contributed by atoms with Gasteiger partial charge in [0.1, 0.15) is 11.6 Å². The fourth-order valence-electron chi connectivity index (χ4n) is 3.57. The molecule has 4 aromatic carbocycles. The van der Waals surface area contributed by atoms with Gasteiger partial charge in [-0.2, -0.15) is 0 Å². The van der Waals surface area contributed by atoms with E-state index in [9.17, 15) is 4.39 Å². The molecular weight excluding hydrogens is 373 g/mol. The number of para-hydroxylation sites is 1. The summed E-state index contributed by atoms with van der Waals surface area (Å²) in [6.45, 7) is 0. The van der Waals surface area contributed by atoms with Gasteiger partial charge in [0, 0.05) is 11.1 Å². The van der Waals surface area contributed by atoms with E-state index in [1.807, 2.05) is 36.4 Å². The van der Waals surface area contributed by atoms with Crippen LogP contribution in [0.4, 0.5) is 10.1 Å². The van der Waals surface area contributed by atoms with Crippen LogP contribution in [0.2, 0.25) is 0 Å². The number of hydrogen-bond acceptors (Lipinski definition) is 2. The smallest absolute Gasteiger partial charge is 0.149 e. The van der Waals surface area contributed by atoms with Crippen LogP contribution < -0.4 is 0 Å². The molecule has 1 heterocycles. The van der Waals surface area contributed by atoms with Gasteiger partial charge >= 0.3 is 0 Å². The minimum absolute atomic E-state index is 0.282. The molecule has 0 bridgehead atoms. The van der Waals surface area contributed by atoms with Gasteiger partial charge in [0.25, 0.3) is 0 Å². The van der Waals surface area contributed by atoms with E-state index in [1.165, 1.54) is 6.07 Å². The number of aromatic nitrogens is 2. The number of nitrogens with zero attached hydrogens (tertiary/aromatic N) is 2. The van der Waals surface area contributed by atoms with Crippen molar-refractivity contribution in [2.45, 2.75) is 0 Å². The van der Waals surface area contributed by atoms with Crippen molar-refractivity contribution < 1.29 is 4.39 Å². The van der Waals surface area contributed by atoms with Crippen molar-refractivity contribution in [3.05, 3.63) is 109 Å². The largest absolute Gasteiger partial charge is 0.337 e. The highest BCUT2D eigenvalue weighted by Crippen LogP contribution is 2.34. The summed E-state index contributed by atoms with van der Waals surface area (Å²) in [5, 5.41) is 0. The normalized spacial score (nSPS) is 11.4. The maximum absolute atomic E-state index is 13.9. The van der Waals surface area contributed by atoms with E-state index in [0.717, 1.165) is 33.3 Å². The number of imidazole rings is 1. The fraction of sp³-hybridized carbons (Fsp3) is 0. The third-order valence-corrected chi connectivity index (χ3v) is 5.01. The zero-order valence-electron chi connectivity index (χ0n) is 16.1. The summed E-state index contributed by atoms with van der Waals surface area (Å²) in [5.74, 6) is 0.216. The zero-order chi connectivity index (χ0) is 20.3. The molecule has 1 aromatic heterocycles. The lowest BCUT2D eigenvalue weighted by molar-refractivity contribution is 0.630. The first-order valence-corrected chi connectivity index (χ1v) is 9.72. The molecule has 4 heteroatoms. The summed E-state index contributed by atoms with van der Waals surface area (Å²) < 4.78 is 13.9. The Bertz CT molecular complexity index is 1260. The Hall–Kier alpha value is -4.05. The van der Waals surface area contributed by atoms with E-state index in [-0.39, 0.29) is 11.5 Å². The van der Waals surface area contributed by atoms with Crippen LogP contribution in [-0.2, 0) is 0 Å². The van der Waals surface area contributed by atoms with E-state index in [4.69, 9.17) is 4.98 Å². The Morgan fingerprint density at radius 3 is 2.00 bits per heavy atom. The molecule has 5 rings (SSSR count). The number of H-pyrrole nitrogens is 1. The van der Waals surface area contributed by atoms with Gasteiger partial charge in [-0.05, 0) is 23.3 Å². The monoisotopic (exact) mass is 391 g/mol. The molecule has 0 fully saturated rings. The second-order valence-corrected chi connectivity index (χ2v) is 6.95.